The van der Waals surface area contributed by atoms with Crippen LogP contribution in [0.4, 0.5) is 17.1 Å². The van der Waals surface area contributed by atoms with E-state index < -0.39 is 0 Å². The highest BCUT2D eigenvalue weighted by molar-refractivity contribution is 6.04. The number of benzene rings is 6. The molecule has 0 aliphatic carbocycles. The van der Waals surface area contributed by atoms with E-state index in [9.17, 15) is 0 Å². The minimum atomic E-state index is 0.654. The van der Waals surface area contributed by atoms with Crippen molar-refractivity contribution in [2.24, 2.45) is 0 Å². The molecular weight excluding hydrogens is 637 g/mol. The van der Waals surface area contributed by atoms with Gasteiger partial charge in [-0.1, -0.05) is 78.9 Å². The number of aromatic nitrogens is 3. The summed E-state index contributed by atoms with van der Waals surface area (Å²) in [5, 5.41) is 6.72. The van der Waals surface area contributed by atoms with E-state index in [0.717, 1.165) is 66.4 Å². The first-order valence-electron chi connectivity index (χ1n) is 17.3. The highest BCUT2D eigenvalue weighted by Gasteiger charge is 2.15. The van der Waals surface area contributed by atoms with Crippen molar-refractivity contribution in [1.82, 2.24) is 15.0 Å². The van der Waals surface area contributed by atoms with Crippen molar-refractivity contribution in [1.29, 1.82) is 0 Å². The van der Waals surface area contributed by atoms with Gasteiger partial charge in [0.2, 0.25) is 5.71 Å². The predicted molar refractivity (Wildman–Crippen MR) is 213 cm³/mol. The average molecular weight is 667 g/mol. The third-order valence-corrected chi connectivity index (χ3v) is 9.89. The summed E-state index contributed by atoms with van der Waals surface area (Å²) in [5.74, 6) is 0. The topological polar surface area (TPSA) is 55.1 Å². The lowest BCUT2D eigenvalue weighted by Crippen LogP contribution is -2.09. The first-order valence-corrected chi connectivity index (χ1v) is 17.3. The number of nitrogens with zero attached hydrogens (tertiary/aromatic N) is 4. The molecule has 10 aromatic rings. The normalized spacial score (nSPS) is 11.5. The summed E-state index contributed by atoms with van der Waals surface area (Å²) in [6.45, 7) is 0. The zero-order valence-electron chi connectivity index (χ0n) is 28.0. The van der Waals surface area contributed by atoms with Crippen molar-refractivity contribution in [2.45, 2.75) is 0 Å². The molecule has 0 radical (unpaired) electrons. The lowest BCUT2D eigenvalue weighted by atomic mass is 10.0. The van der Waals surface area contributed by atoms with Gasteiger partial charge in [-0.3, -0.25) is 9.97 Å². The third-order valence-electron chi connectivity index (χ3n) is 9.89. The second kappa shape index (κ2) is 12.3. The fourth-order valence-electron chi connectivity index (χ4n) is 7.15. The van der Waals surface area contributed by atoms with Crippen LogP contribution in [0.1, 0.15) is 0 Å². The minimum absolute atomic E-state index is 0.654. The number of para-hydroxylation sites is 1. The maximum Gasteiger partial charge on any atom is 0.227 e. The van der Waals surface area contributed by atoms with Gasteiger partial charge < -0.3 is 9.32 Å². The molecule has 0 fully saturated rings. The summed E-state index contributed by atoms with van der Waals surface area (Å²) < 4.78 is 5.98. The molecule has 0 aliphatic rings. The largest absolute Gasteiger partial charge is 0.438 e. The smallest absolute Gasteiger partial charge is 0.227 e. The SMILES string of the molecule is c1ccc2c(c1)oc1ncc(-c3ccc(N(c4ccc(-c5ccc6cnccc6c5)cc4)c4ccc(-c5ccc6cnccc6c5)cc4)cc3)cc12. The molecule has 244 valence electrons. The van der Waals surface area contributed by atoms with Crippen LogP contribution in [0.25, 0.3) is 77.0 Å². The summed E-state index contributed by atoms with van der Waals surface area (Å²) in [6, 6.07) is 53.7. The fourth-order valence-corrected chi connectivity index (χ4v) is 7.15. The van der Waals surface area contributed by atoms with E-state index >= 15 is 0 Å². The molecule has 0 unspecified atom stereocenters. The first-order chi connectivity index (χ1) is 25.7. The molecule has 4 heterocycles. The molecule has 0 saturated carbocycles. The maximum absolute atomic E-state index is 5.98. The minimum Gasteiger partial charge on any atom is -0.438 e. The van der Waals surface area contributed by atoms with E-state index in [1.165, 1.54) is 21.9 Å². The van der Waals surface area contributed by atoms with E-state index in [1.807, 2.05) is 49.2 Å². The van der Waals surface area contributed by atoms with Gasteiger partial charge in [-0.25, -0.2) is 4.98 Å². The number of pyridine rings is 3. The van der Waals surface area contributed by atoms with Gasteiger partial charge >= 0.3 is 0 Å². The van der Waals surface area contributed by atoms with Crippen LogP contribution in [0.2, 0.25) is 0 Å². The average Bonchev–Trinajstić information content (AvgIpc) is 3.59. The van der Waals surface area contributed by atoms with Gasteiger partial charge in [0.1, 0.15) is 5.58 Å². The van der Waals surface area contributed by atoms with Crippen molar-refractivity contribution >= 4 is 60.7 Å². The lowest BCUT2D eigenvalue weighted by Gasteiger charge is -2.26. The summed E-state index contributed by atoms with van der Waals surface area (Å²) in [4.78, 5) is 15.5. The molecule has 0 atom stereocenters. The van der Waals surface area contributed by atoms with Gasteiger partial charge in [0, 0.05) is 75.2 Å². The Kier molecular flexibility index (Phi) is 7.07. The van der Waals surface area contributed by atoms with Crippen molar-refractivity contribution in [2.75, 3.05) is 4.90 Å². The van der Waals surface area contributed by atoms with Crippen LogP contribution < -0.4 is 4.90 Å². The van der Waals surface area contributed by atoms with Crippen LogP contribution in [-0.2, 0) is 0 Å². The zero-order valence-corrected chi connectivity index (χ0v) is 28.0. The van der Waals surface area contributed by atoms with Crippen LogP contribution in [0.3, 0.4) is 0 Å². The fraction of sp³-hybridized carbons (Fsp3) is 0. The number of hydrogen-bond donors (Lipinski definition) is 0. The molecule has 6 aromatic carbocycles. The molecule has 4 aromatic heterocycles. The molecule has 0 aliphatic heterocycles. The molecule has 5 heteroatoms. The van der Waals surface area contributed by atoms with Gasteiger partial charge in [0.25, 0.3) is 0 Å². The van der Waals surface area contributed by atoms with Gasteiger partial charge in [-0.15, -0.1) is 0 Å². The third kappa shape index (κ3) is 5.32. The van der Waals surface area contributed by atoms with E-state index in [2.05, 4.69) is 153 Å². The molecule has 10 rings (SSSR count). The van der Waals surface area contributed by atoms with Crippen LogP contribution in [-0.4, -0.2) is 15.0 Å². The van der Waals surface area contributed by atoms with Crippen LogP contribution >= 0.6 is 0 Å². The molecule has 0 saturated heterocycles. The Balaban J connectivity index is 1.02. The molecule has 0 N–H and O–H groups in total. The molecule has 0 amide bonds. The van der Waals surface area contributed by atoms with Gasteiger partial charge in [0.15, 0.2) is 0 Å². The molecule has 52 heavy (non-hydrogen) atoms. The number of anilines is 3. The monoisotopic (exact) mass is 666 g/mol. The highest BCUT2D eigenvalue weighted by Crippen LogP contribution is 2.39. The standard InChI is InChI=1S/C47H30N4O/c1-2-4-46-44(3-1)45-27-40(30-50-47(45)52-46)33-13-19-43(20-14-33)51(41-15-9-31(10-16-41)34-5-7-38-28-48-23-21-36(38)25-34)42-17-11-32(12-18-42)35-6-8-39-29-49-24-22-37(39)26-35/h1-30H. The van der Waals surface area contributed by atoms with Crippen LogP contribution in [0, 0.1) is 0 Å². The Morgan fingerprint density at radius 1 is 0.385 bits per heavy atom. The Bertz CT molecular complexity index is 2770. The quantitative estimate of drug-likeness (QED) is 0.177. The van der Waals surface area contributed by atoms with Crippen molar-refractivity contribution < 1.29 is 4.42 Å². The second-order valence-corrected chi connectivity index (χ2v) is 13.0. The summed E-state index contributed by atoms with van der Waals surface area (Å²) in [5.41, 5.74) is 11.5. The van der Waals surface area contributed by atoms with E-state index in [0.29, 0.717) is 5.71 Å². The van der Waals surface area contributed by atoms with E-state index in [1.54, 1.807) is 0 Å². The number of fused-ring (bicyclic) bond motifs is 5. The van der Waals surface area contributed by atoms with Gasteiger partial charge in [-0.05, 0) is 111 Å². The first kappa shape index (κ1) is 29.8. The van der Waals surface area contributed by atoms with E-state index in [4.69, 9.17) is 4.42 Å². The summed E-state index contributed by atoms with van der Waals surface area (Å²) in [6.07, 6.45) is 9.39. The van der Waals surface area contributed by atoms with E-state index in [-0.39, 0.29) is 0 Å². The Morgan fingerprint density at radius 2 is 0.885 bits per heavy atom. The molecule has 5 nitrogen and oxygen atoms in total. The van der Waals surface area contributed by atoms with Gasteiger partial charge in [0.05, 0.1) is 0 Å². The maximum atomic E-state index is 5.98. The molecule has 0 spiro atoms. The van der Waals surface area contributed by atoms with Crippen LogP contribution in [0.5, 0.6) is 0 Å². The number of hydrogen-bond acceptors (Lipinski definition) is 5. The van der Waals surface area contributed by atoms with Crippen molar-refractivity contribution in [3.63, 3.8) is 0 Å². The molecule has 0 bridgehead atoms. The summed E-state index contributed by atoms with van der Waals surface area (Å²) >= 11 is 0. The Labute approximate surface area is 300 Å². The zero-order chi connectivity index (χ0) is 34.4. The molecular formula is C47H30N4O. The van der Waals surface area contributed by atoms with Crippen molar-refractivity contribution in [3.8, 4) is 33.4 Å². The Morgan fingerprint density at radius 3 is 1.44 bits per heavy atom. The summed E-state index contributed by atoms with van der Waals surface area (Å²) in [7, 11) is 0. The Hall–Kier alpha value is -7.11. The van der Waals surface area contributed by atoms with Crippen molar-refractivity contribution in [3.05, 3.63) is 183 Å². The van der Waals surface area contributed by atoms with Crippen LogP contribution in [0.15, 0.2) is 187 Å². The number of furan rings is 1. The lowest BCUT2D eigenvalue weighted by molar-refractivity contribution is 0.654. The predicted octanol–water partition coefficient (Wildman–Crippen LogP) is 12.5. The second-order valence-electron chi connectivity index (χ2n) is 13.0. The van der Waals surface area contributed by atoms with Gasteiger partial charge in [-0.2, -0.15) is 0 Å². The highest BCUT2D eigenvalue weighted by atomic mass is 16.3. The number of rotatable bonds is 6.